The van der Waals surface area contributed by atoms with Gasteiger partial charge in [0, 0.05) is 29.7 Å². The number of hydrogen-bond donors (Lipinski definition) is 1. The summed E-state index contributed by atoms with van der Waals surface area (Å²) in [5, 5.41) is 0.665. The molecule has 2 N–H and O–H groups in total. The molecule has 1 saturated heterocycles. The van der Waals surface area contributed by atoms with Crippen LogP contribution in [0.1, 0.15) is 28.8 Å². The Morgan fingerprint density at radius 3 is 2.63 bits per heavy atom. The number of nitrogens with two attached hydrogens (primary N) is 1. The lowest BCUT2D eigenvalue weighted by Gasteiger charge is -2.20. The topological polar surface area (TPSA) is 55.6 Å². The largest absolute Gasteiger partial charge is 0.488 e. The summed E-state index contributed by atoms with van der Waals surface area (Å²) in [5.74, 6) is 1.61. The molecule has 2 fully saturated rings. The Morgan fingerprint density at radius 1 is 1.11 bits per heavy atom. The van der Waals surface area contributed by atoms with Crippen LogP contribution in [0.25, 0.3) is 0 Å². The first-order valence-electron chi connectivity index (χ1n) is 9.13. The predicted octanol–water partition coefficient (Wildman–Crippen LogP) is 4.15. The molecule has 0 spiro atoms. The molecule has 144 valence electrons. The van der Waals surface area contributed by atoms with Crippen LogP contribution in [0, 0.1) is 11.8 Å². The number of likely N-dealkylation sites (tertiary alicyclic amines) is 1. The third-order valence-electron chi connectivity index (χ3n) is 5.66. The number of amides is 1. The van der Waals surface area contributed by atoms with Crippen LogP contribution in [-0.4, -0.2) is 29.9 Å². The van der Waals surface area contributed by atoms with Crippen LogP contribution < -0.4 is 10.5 Å². The molecule has 4 nitrogen and oxygen atoms in total. The fourth-order valence-corrected chi connectivity index (χ4v) is 4.37. The Bertz CT molecular complexity index is 814. The van der Waals surface area contributed by atoms with Crippen molar-refractivity contribution in [3.8, 4) is 5.75 Å². The minimum absolute atomic E-state index is 0. The molecule has 6 heteroatoms. The van der Waals surface area contributed by atoms with Crippen molar-refractivity contribution in [2.75, 3.05) is 13.1 Å². The second kappa shape index (κ2) is 8.51. The number of carbonyl (C=O) groups excluding carboxylic acids is 1. The van der Waals surface area contributed by atoms with Crippen LogP contribution in [-0.2, 0) is 6.61 Å². The normalized spacial score (nSPS) is 23.6. The SMILES string of the molecule is Cl.NC1CCC2CN(C(=O)c3ccccc3OCc3ccccc3Cl)CC12. The van der Waals surface area contributed by atoms with Crippen molar-refractivity contribution in [3.63, 3.8) is 0 Å². The number of hydrogen-bond acceptors (Lipinski definition) is 3. The monoisotopic (exact) mass is 406 g/mol. The van der Waals surface area contributed by atoms with Gasteiger partial charge < -0.3 is 15.4 Å². The van der Waals surface area contributed by atoms with Crippen molar-refractivity contribution in [1.29, 1.82) is 0 Å². The van der Waals surface area contributed by atoms with Gasteiger partial charge in [0.25, 0.3) is 5.91 Å². The van der Waals surface area contributed by atoms with E-state index in [9.17, 15) is 4.79 Å². The minimum Gasteiger partial charge on any atom is -0.488 e. The van der Waals surface area contributed by atoms with Gasteiger partial charge in [0.15, 0.2) is 0 Å². The summed E-state index contributed by atoms with van der Waals surface area (Å²) in [6, 6.07) is 15.2. The summed E-state index contributed by atoms with van der Waals surface area (Å²) >= 11 is 6.20. The van der Waals surface area contributed by atoms with E-state index in [-0.39, 0.29) is 24.4 Å². The third kappa shape index (κ3) is 4.08. The Hall–Kier alpha value is -1.75. The average molecular weight is 407 g/mol. The first kappa shape index (κ1) is 20.0. The van der Waals surface area contributed by atoms with E-state index in [4.69, 9.17) is 22.1 Å². The zero-order chi connectivity index (χ0) is 18.1. The zero-order valence-electron chi connectivity index (χ0n) is 15.0. The molecule has 2 aromatic carbocycles. The number of nitrogens with zero attached hydrogens (tertiary/aromatic N) is 1. The lowest BCUT2D eigenvalue weighted by atomic mass is 9.98. The van der Waals surface area contributed by atoms with E-state index in [2.05, 4.69) is 0 Å². The predicted molar refractivity (Wildman–Crippen MR) is 110 cm³/mol. The smallest absolute Gasteiger partial charge is 0.257 e. The number of halogens is 2. The highest BCUT2D eigenvalue weighted by Crippen LogP contribution is 2.38. The molecule has 4 rings (SSSR count). The van der Waals surface area contributed by atoms with Crippen LogP contribution in [0.2, 0.25) is 5.02 Å². The Labute approximate surface area is 171 Å². The van der Waals surface area contributed by atoms with Crippen molar-refractivity contribution in [1.82, 2.24) is 4.90 Å². The molecule has 1 aliphatic carbocycles. The van der Waals surface area contributed by atoms with Gasteiger partial charge >= 0.3 is 0 Å². The van der Waals surface area contributed by atoms with Crippen LogP contribution in [0.3, 0.4) is 0 Å². The quantitative estimate of drug-likeness (QED) is 0.829. The number of carbonyl (C=O) groups is 1. The maximum absolute atomic E-state index is 13.1. The second-order valence-corrected chi connectivity index (χ2v) is 7.66. The van der Waals surface area contributed by atoms with Crippen molar-refractivity contribution in [3.05, 3.63) is 64.7 Å². The van der Waals surface area contributed by atoms with Crippen LogP contribution in [0.5, 0.6) is 5.75 Å². The van der Waals surface area contributed by atoms with Gasteiger partial charge in [-0.1, -0.05) is 41.9 Å². The Kier molecular flexibility index (Phi) is 6.30. The van der Waals surface area contributed by atoms with E-state index in [1.807, 2.05) is 53.4 Å². The maximum atomic E-state index is 13.1. The van der Waals surface area contributed by atoms with Gasteiger partial charge in [-0.15, -0.1) is 12.4 Å². The van der Waals surface area contributed by atoms with Crippen molar-refractivity contribution in [2.24, 2.45) is 17.6 Å². The Morgan fingerprint density at radius 2 is 1.85 bits per heavy atom. The summed E-state index contributed by atoms with van der Waals surface area (Å²) in [4.78, 5) is 15.0. The molecular weight excluding hydrogens is 383 g/mol. The number of rotatable bonds is 4. The van der Waals surface area contributed by atoms with Gasteiger partial charge in [-0.05, 0) is 42.9 Å². The van der Waals surface area contributed by atoms with Crippen LogP contribution >= 0.6 is 24.0 Å². The molecule has 0 bridgehead atoms. The van der Waals surface area contributed by atoms with Gasteiger partial charge in [0.2, 0.25) is 0 Å². The van der Waals surface area contributed by atoms with Crippen LogP contribution in [0.15, 0.2) is 48.5 Å². The van der Waals surface area contributed by atoms with Crippen molar-refractivity contribution in [2.45, 2.75) is 25.5 Å². The van der Waals surface area contributed by atoms with Crippen LogP contribution in [0.4, 0.5) is 0 Å². The molecule has 1 heterocycles. The summed E-state index contributed by atoms with van der Waals surface area (Å²) < 4.78 is 5.94. The standard InChI is InChI=1S/C21H23ClN2O2.ClH/c22-18-7-3-1-5-15(18)13-26-20-8-4-2-6-16(20)21(25)24-11-14-9-10-19(23)17(14)12-24;/h1-8,14,17,19H,9-13,23H2;1H. The number of benzene rings is 2. The molecule has 1 amide bonds. The van der Waals surface area contributed by atoms with Crippen molar-refractivity contribution >= 4 is 29.9 Å². The highest BCUT2D eigenvalue weighted by molar-refractivity contribution is 6.31. The molecule has 0 aromatic heterocycles. The molecule has 2 aromatic rings. The number of ether oxygens (including phenoxy) is 1. The summed E-state index contributed by atoms with van der Waals surface area (Å²) in [5.41, 5.74) is 7.71. The van der Waals surface area contributed by atoms with E-state index in [1.54, 1.807) is 0 Å². The number of fused-ring (bicyclic) bond motifs is 1. The van der Waals surface area contributed by atoms with Gasteiger partial charge in [-0.3, -0.25) is 4.79 Å². The molecule has 0 radical (unpaired) electrons. The third-order valence-corrected chi connectivity index (χ3v) is 6.03. The van der Waals surface area contributed by atoms with E-state index in [0.29, 0.717) is 34.8 Å². The van der Waals surface area contributed by atoms with Gasteiger partial charge in [-0.2, -0.15) is 0 Å². The van der Waals surface area contributed by atoms with Crippen molar-refractivity contribution < 1.29 is 9.53 Å². The second-order valence-electron chi connectivity index (χ2n) is 7.25. The molecule has 2 aliphatic rings. The lowest BCUT2D eigenvalue weighted by Crippen LogP contribution is -2.33. The molecule has 1 aliphatic heterocycles. The minimum atomic E-state index is 0. The fraction of sp³-hybridized carbons (Fsp3) is 0.381. The average Bonchev–Trinajstić information content (AvgIpc) is 3.23. The molecule has 1 saturated carbocycles. The van der Waals surface area contributed by atoms with E-state index >= 15 is 0 Å². The molecule has 27 heavy (non-hydrogen) atoms. The highest BCUT2D eigenvalue weighted by atomic mass is 35.5. The molecule has 3 atom stereocenters. The fourth-order valence-electron chi connectivity index (χ4n) is 4.18. The maximum Gasteiger partial charge on any atom is 0.257 e. The summed E-state index contributed by atoms with van der Waals surface area (Å²) in [6.45, 7) is 1.89. The number of para-hydroxylation sites is 1. The summed E-state index contributed by atoms with van der Waals surface area (Å²) in [7, 11) is 0. The van der Waals surface area contributed by atoms with Gasteiger partial charge in [-0.25, -0.2) is 0 Å². The first-order chi connectivity index (χ1) is 12.6. The van der Waals surface area contributed by atoms with E-state index < -0.39 is 0 Å². The summed E-state index contributed by atoms with van der Waals surface area (Å²) in [6.07, 6.45) is 2.20. The first-order valence-corrected chi connectivity index (χ1v) is 9.51. The van der Waals surface area contributed by atoms with E-state index in [1.165, 1.54) is 0 Å². The van der Waals surface area contributed by atoms with Gasteiger partial charge in [0.05, 0.1) is 5.56 Å². The lowest BCUT2D eigenvalue weighted by molar-refractivity contribution is 0.0774. The Balaban J connectivity index is 0.00000210. The zero-order valence-corrected chi connectivity index (χ0v) is 16.6. The highest BCUT2D eigenvalue weighted by Gasteiger charge is 2.42. The van der Waals surface area contributed by atoms with Gasteiger partial charge in [0.1, 0.15) is 12.4 Å². The van der Waals surface area contributed by atoms with E-state index in [0.717, 1.165) is 31.5 Å². The molecule has 3 unspecified atom stereocenters. The molecular formula is C21H24Cl2N2O2.